The van der Waals surface area contributed by atoms with Gasteiger partial charge in [-0.25, -0.2) is 0 Å². The highest BCUT2D eigenvalue weighted by Crippen LogP contribution is 2.31. The van der Waals surface area contributed by atoms with Crippen molar-refractivity contribution in [2.45, 2.75) is 18.4 Å². The molecule has 1 aliphatic heterocycles. The van der Waals surface area contributed by atoms with E-state index in [2.05, 4.69) is 10.6 Å². The summed E-state index contributed by atoms with van der Waals surface area (Å²) < 4.78 is 11.0. The molecule has 3 rings (SSSR count). The number of para-hydroxylation sites is 1. The lowest BCUT2D eigenvalue weighted by atomic mass is 9.91. The van der Waals surface area contributed by atoms with Crippen LogP contribution >= 0.6 is 0 Å². The molecule has 1 heterocycles. The monoisotopic (exact) mass is 340 g/mol. The van der Waals surface area contributed by atoms with E-state index in [4.69, 9.17) is 9.47 Å². The minimum atomic E-state index is -0.758. The Labute approximate surface area is 148 Å². The number of methoxy groups -OCH3 is 2. The summed E-state index contributed by atoms with van der Waals surface area (Å²) in [5.41, 5.74) is 1.98. The first-order valence-corrected chi connectivity index (χ1v) is 8.49. The van der Waals surface area contributed by atoms with Crippen LogP contribution < -0.4 is 15.4 Å². The molecule has 0 bridgehead atoms. The van der Waals surface area contributed by atoms with Gasteiger partial charge in [0.1, 0.15) is 11.4 Å². The first kappa shape index (κ1) is 17.5. The second kappa shape index (κ2) is 7.68. The summed E-state index contributed by atoms with van der Waals surface area (Å²) in [7, 11) is 3.26. The zero-order chi connectivity index (χ0) is 17.7. The van der Waals surface area contributed by atoms with Crippen molar-refractivity contribution < 1.29 is 14.3 Å². The van der Waals surface area contributed by atoms with Gasteiger partial charge in [0, 0.05) is 18.4 Å². The first-order chi connectivity index (χ1) is 12.2. The lowest BCUT2D eigenvalue weighted by Crippen LogP contribution is -2.51. The predicted octanol–water partition coefficient (Wildman–Crippen LogP) is 3.07. The van der Waals surface area contributed by atoms with E-state index in [-0.39, 0.29) is 5.91 Å². The molecule has 2 N–H and O–H groups in total. The minimum absolute atomic E-state index is 0.0892. The topological polar surface area (TPSA) is 59.6 Å². The molecule has 1 fully saturated rings. The van der Waals surface area contributed by atoms with Crippen LogP contribution in [0.2, 0.25) is 0 Å². The Morgan fingerprint density at radius 1 is 1.08 bits per heavy atom. The average Bonchev–Trinajstić information content (AvgIpc) is 2.68. The Balaban J connectivity index is 1.83. The molecule has 0 radical (unpaired) electrons. The summed E-state index contributed by atoms with van der Waals surface area (Å²) in [6, 6.07) is 15.6. The van der Waals surface area contributed by atoms with Crippen LogP contribution in [0.15, 0.2) is 48.5 Å². The van der Waals surface area contributed by atoms with E-state index in [0.717, 1.165) is 35.7 Å². The third-order valence-corrected chi connectivity index (χ3v) is 4.75. The third-order valence-electron chi connectivity index (χ3n) is 4.75. The van der Waals surface area contributed by atoms with Crippen molar-refractivity contribution in [3.05, 3.63) is 48.5 Å². The molecule has 25 heavy (non-hydrogen) atoms. The standard InChI is InChI=1S/C20H24N2O3/c1-24-18-9-4-3-8-17(18)15-6-5-7-16(14-15)22-19(23)20(25-2)10-12-21-13-11-20/h3-9,14,21H,10-13H2,1-2H3,(H,22,23). The van der Waals surface area contributed by atoms with Crippen molar-refractivity contribution in [1.82, 2.24) is 5.32 Å². The fraction of sp³-hybridized carbons (Fsp3) is 0.350. The molecule has 2 aromatic carbocycles. The van der Waals surface area contributed by atoms with Crippen molar-refractivity contribution in [3.63, 3.8) is 0 Å². The number of benzene rings is 2. The van der Waals surface area contributed by atoms with Gasteiger partial charge >= 0.3 is 0 Å². The Bertz CT molecular complexity index is 739. The maximum atomic E-state index is 12.8. The number of carbonyl (C=O) groups excluding carboxylic acids is 1. The molecule has 1 aliphatic rings. The van der Waals surface area contributed by atoms with Crippen molar-refractivity contribution in [2.75, 3.05) is 32.6 Å². The van der Waals surface area contributed by atoms with Gasteiger partial charge in [-0.1, -0.05) is 30.3 Å². The molecule has 0 spiro atoms. The van der Waals surface area contributed by atoms with E-state index in [1.54, 1.807) is 14.2 Å². The van der Waals surface area contributed by atoms with E-state index in [1.807, 2.05) is 48.5 Å². The molecule has 0 saturated carbocycles. The number of nitrogens with one attached hydrogen (secondary N) is 2. The molecule has 5 nitrogen and oxygen atoms in total. The molecular weight excluding hydrogens is 316 g/mol. The Hall–Kier alpha value is -2.37. The van der Waals surface area contributed by atoms with Crippen LogP contribution in [0.1, 0.15) is 12.8 Å². The molecule has 0 aliphatic carbocycles. The lowest BCUT2D eigenvalue weighted by molar-refractivity contribution is -0.140. The molecule has 0 atom stereocenters. The van der Waals surface area contributed by atoms with Crippen molar-refractivity contribution in [1.29, 1.82) is 0 Å². The van der Waals surface area contributed by atoms with E-state index < -0.39 is 5.60 Å². The maximum absolute atomic E-state index is 12.8. The van der Waals surface area contributed by atoms with Gasteiger partial charge in [0.15, 0.2) is 0 Å². The number of carbonyl (C=O) groups is 1. The largest absolute Gasteiger partial charge is 0.496 e. The minimum Gasteiger partial charge on any atom is -0.496 e. The molecule has 2 aromatic rings. The van der Waals surface area contributed by atoms with E-state index in [0.29, 0.717) is 12.8 Å². The van der Waals surface area contributed by atoms with Crippen LogP contribution in [0, 0.1) is 0 Å². The van der Waals surface area contributed by atoms with Crippen LogP contribution in [0.4, 0.5) is 5.69 Å². The molecule has 1 saturated heterocycles. The van der Waals surface area contributed by atoms with Gasteiger partial charge in [-0.2, -0.15) is 0 Å². The summed E-state index contributed by atoms with van der Waals surface area (Å²) in [6.45, 7) is 1.56. The Kier molecular flexibility index (Phi) is 5.36. The summed E-state index contributed by atoms with van der Waals surface area (Å²) in [5.74, 6) is 0.714. The van der Waals surface area contributed by atoms with Crippen LogP contribution in [-0.4, -0.2) is 38.8 Å². The molecular formula is C20H24N2O3. The predicted molar refractivity (Wildman–Crippen MR) is 98.9 cm³/mol. The SMILES string of the molecule is COc1ccccc1-c1cccc(NC(=O)C2(OC)CCNCC2)c1. The number of ether oxygens (including phenoxy) is 2. The number of piperidine rings is 1. The van der Waals surface area contributed by atoms with Crippen molar-refractivity contribution in [3.8, 4) is 16.9 Å². The highest BCUT2D eigenvalue weighted by Gasteiger charge is 2.39. The van der Waals surface area contributed by atoms with E-state index >= 15 is 0 Å². The zero-order valence-corrected chi connectivity index (χ0v) is 14.7. The van der Waals surface area contributed by atoms with Gasteiger partial charge in [0.25, 0.3) is 5.91 Å². The van der Waals surface area contributed by atoms with Gasteiger partial charge in [-0.15, -0.1) is 0 Å². The zero-order valence-electron chi connectivity index (χ0n) is 14.7. The van der Waals surface area contributed by atoms with Crippen LogP contribution in [0.25, 0.3) is 11.1 Å². The van der Waals surface area contributed by atoms with Crippen LogP contribution in [-0.2, 0) is 9.53 Å². The van der Waals surface area contributed by atoms with Crippen LogP contribution in [0.5, 0.6) is 5.75 Å². The number of anilines is 1. The van der Waals surface area contributed by atoms with Gasteiger partial charge in [0.05, 0.1) is 7.11 Å². The number of hydrogen-bond acceptors (Lipinski definition) is 4. The second-order valence-corrected chi connectivity index (χ2v) is 6.18. The van der Waals surface area contributed by atoms with Gasteiger partial charge in [-0.05, 0) is 49.7 Å². The van der Waals surface area contributed by atoms with Gasteiger partial charge < -0.3 is 20.1 Å². The Morgan fingerprint density at radius 2 is 1.84 bits per heavy atom. The van der Waals surface area contributed by atoms with Crippen molar-refractivity contribution in [2.24, 2.45) is 0 Å². The lowest BCUT2D eigenvalue weighted by Gasteiger charge is -2.34. The van der Waals surface area contributed by atoms with Gasteiger partial charge in [-0.3, -0.25) is 4.79 Å². The summed E-state index contributed by atoms with van der Waals surface area (Å²) in [5, 5.41) is 6.28. The third kappa shape index (κ3) is 3.67. The molecule has 1 amide bonds. The Morgan fingerprint density at radius 3 is 2.56 bits per heavy atom. The quantitative estimate of drug-likeness (QED) is 0.878. The van der Waals surface area contributed by atoms with Crippen molar-refractivity contribution >= 4 is 11.6 Å². The number of hydrogen-bond donors (Lipinski definition) is 2. The van der Waals surface area contributed by atoms with E-state index in [9.17, 15) is 4.79 Å². The molecule has 5 heteroatoms. The number of amides is 1. The smallest absolute Gasteiger partial charge is 0.256 e. The first-order valence-electron chi connectivity index (χ1n) is 8.49. The highest BCUT2D eigenvalue weighted by atomic mass is 16.5. The molecule has 0 aromatic heterocycles. The summed E-state index contributed by atoms with van der Waals surface area (Å²) in [6.07, 6.45) is 1.34. The number of rotatable bonds is 5. The fourth-order valence-corrected chi connectivity index (χ4v) is 3.25. The summed E-state index contributed by atoms with van der Waals surface area (Å²) >= 11 is 0. The maximum Gasteiger partial charge on any atom is 0.256 e. The molecule has 132 valence electrons. The highest BCUT2D eigenvalue weighted by molar-refractivity contribution is 5.98. The van der Waals surface area contributed by atoms with Gasteiger partial charge in [0.2, 0.25) is 0 Å². The molecule has 0 unspecified atom stereocenters. The fourth-order valence-electron chi connectivity index (χ4n) is 3.25. The van der Waals surface area contributed by atoms with E-state index in [1.165, 1.54) is 0 Å². The second-order valence-electron chi connectivity index (χ2n) is 6.18. The summed E-state index contributed by atoms with van der Waals surface area (Å²) in [4.78, 5) is 12.8. The van der Waals surface area contributed by atoms with Crippen LogP contribution in [0.3, 0.4) is 0 Å². The average molecular weight is 340 g/mol. The normalized spacial score (nSPS) is 16.2.